The van der Waals surface area contributed by atoms with Crippen LogP contribution in [0.3, 0.4) is 0 Å². The third-order valence-electron chi connectivity index (χ3n) is 8.35. The third-order valence-corrected chi connectivity index (χ3v) is 8.35. The minimum absolute atomic E-state index is 0.151. The summed E-state index contributed by atoms with van der Waals surface area (Å²) in [6.45, 7) is 6.16. The van der Waals surface area contributed by atoms with Gasteiger partial charge in [0, 0.05) is 28.9 Å². The SMILES string of the molecule is Cc1ccc(N2C(=O)C3C4CCCN4C4(C(=O)Nc5c4ccc(C)c5C)C3C2=O)cc1[N+](=O)[O-]. The van der Waals surface area contributed by atoms with Crippen molar-refractivity contribution in [3.63, 3.8) is 0 Å². The van der Waals surface area contributed by atoms with Crippen molar-refractivity contribution in [1.82, 2.24) is 4.90 Å². The van der Waals surface area contributed by atoms with Crippen molar-refractivity contribution in [2.24, 2.45) is 11.8 Å². The number of imide groups is 1. The van der Waals surface area contributed by atoms with Gasteiger partial charge in [-0.2, -0.15) is 0 Å². The number of rotatable bonds is 2. The van der Waals surface area contributed by atoms with Crippen molar-refractivity contribution in [3.8, 4) is 0 Å². The van der Waals surface area contributed by atoms with Crippen LogP contribution in [0.5, 0.6) is 0 Å². The molecule has 6 rings (SSSR count). The summed E-state index contributed by atoms with van der Waals surface area (Å²) in [6, 6.07) is 8.02. The Kier molecular flexibility index (Phi) is 4.15. The maximum Gasteiger partial charge on any atom is 0.274 e. The molecular formula is C25H24N4O5. The maximum absolute atomic E-state index is 14.0. The fourth-order valence-corrected chi connectivity index (χ4v) is 6.71. The van der Waals surface area contributed by atoms with Crippen LogP contribution in [0.25, 0.3) is 0 Å². The Balaban J connectivity index is 1.54. The number of hydrogen-bond donors (Lipinski definition) is 1. The average molecular weight is 460 g/mol. The van der Waals surface area contributed by atoms with Crippen LogP contribution in [-0.2, 0) is 19.9 Å². The van der Waals surface area contributed by atoms with E-state index in [2.05, 4.69) is 10.2 Å². The van der Waals surface area contributed by atoms with Crippen molar-refractivity contribution in [2.45, 2.75) is 45.2 Å². The highest BCUT2D eigenvalue weighted by atomic mass is 16.6. The highest BCUT2D eigenvalue weighted by Crippen LogP contribution is 2.61. The molecule has 0 aromatic heterocycles. The molecule has 3 saturated heterocycles. The van der Waals surface area contributed by atoms with Crippen LogP contribution in [0.15, 0.2) is 30.3 Å². The largest absolute Gasteiger partial charge is 0.324 e. The number of carbonyl (C=O) groups excluding carboxylic acids is 3. The second-order valence-corrected chi connectivity index (χ2v) is 9.80. The van der Waals surface area contributed by atoms with E-state index in [9.17, 15) is 24.5 Å². The molecule has 0 saturated carbocycles. The lowest BCUT2D eigenvalue weighted by atomic mass is 9.75. The minimum atomic E-state index is -1.25. The van der Waals surface area contributed by atoms with Crippen molar-refractivity contribution < 1.29 is 19.3 Å². The van der Waals surface area contributed by atoms with E-state index in [1.165, 1.54) is 6.07 Å². The first-order valence-corrected chi connectivity index (χ1v) is 11.5. The molecule has 4 atom stereocenters. The van der Waals surface area contributed by atoms with Crippen LogP contribution in [0.2, 0.25) is 0 Å². The van der Waals surface area contributed by atoms with E-state index in [1.807, 2.05) is 26.0 Å². The molecule has 34 heavy (non-hydrogen) atoms. The molecule has 2 aromatic carbocycles. The van der Waals surface area contributed by atoms with Gasteiger partial charge in [0.25, 0.3) is 5.69 Å². The fraction of sp³-hybridized carbons (Fsp3) is 0.400. The predicted octanol–water partition coefficient (Wildman–Crippen LogP) is 2.95. The molecule has 1 N–H and O–H groups in total. The van der Waals surface area contributed by atoms with Crippen LogP contribution >= 0.6 is 0 Å². The highest BCUT2D eigenvalue weighted by molar-refractivity contribution is 6.26. The van der Waals surface area contributed by atoms with Gasteiger partial charge in [0.05, 0.1) is 22.4 Å². The Hall–Kier alpha value is -3.59. The van der Waals surface area contributed by atoms with E-state index in [0.717, 1.165) is 40.1 Å². The molecule has 3 amide bonds. The number of nitro groups is 1. The van der Waals surface area contributed by atoms with Gasteiger partial charge in [0.2, 0.25) is 17.7 Å². The van der Waals surface area contributed by atoms with Gasteiger partial charge in [0.1, 0.15) is 5.54 Å². The van der Waals surface area contributed by atoms with E-state index in [0.29, 0.717) is 12.1 Å². The highest BCUT2D eigenvalue weighted by Gasteiger charge is 2.74. The molecule has 1 spiro atoms. The van der Waals surface area contributed by atoms with Gasteiger partial charge in [-0.25, -0.2) is 4.90 Å². The summed E-state index contributed by atoms with van der Waals surface area (Å²) in [7, 11) is 0. The van der Waals surface area contributed by atoms with Gasteiger partial charge < -0.3 is 5.32 Å². The molecule has 9 heteroatoms. The Labute approximate surface area is 195 Å². The summed E-state index contributed by atoms with van der Waals surface area (Å²) in [5, 5.41) is 14.5. The number of anilines is 2. The lowest BCUT2D eigenvalue weighted by molar-refractivity contribution is -0.385. The Morgan fingerprint density at radius 2 is 1.79 bits per heavy atom. The zero-order chi connectivity index (χ0) is 24.1. The maximum atomic E-state index is 14.0. The van der Waals surface area contributed by atoms with E-state index in [-0.39, 0.29) is 29.2 Å². The van der Waals surface area contributed by atoms with Crippen LogP contribution in [0, 0.1) is 42.7 Å². The van der Waals surface area contributed by atoms with Gasteiger partial charge in [-0.15, -0.1) is 0 Å². The summed E-state index contributed by atoms with van der Waals surface area (Å²) in [5.41, 5.74) is 2.68. The summed E-state index contributed by atoms with van der Waals surface area (Å²) in [5.74, 6) is -2.67. The van der Waals surface area contributed by atoms with E-state index in [1.54, 1.807) is 19.1 Å². The zero-order valence-corrected chi connectivity index (χ0v) is 19.1. The predicted molar refractivity (Wildman–Crippen MR) is 123 cm³/mol. The number of nitro benzene ring substituents is 1. The monoisotopic (exact) mass is 460 g/mol. The molecule has 4 aliphatic rings. The molecule has 3 fully saturated rings. The van der Waals surface area contributed by atoms with E-state index in [4.69, 9.17) is 0 Å². The Morgan fingerprint density at radius 1 is 1.06 bits per heavy atom. The van der Waals surface area contributed by atoms with E-state index >= 15 is 0 Å². The van der Waals surface area contributed by atoms with Gasteiger partial charge in [-0.3, -0.25) is 29.4 Å². The van der Waals surface area contributed by atoms with Gasteiger partial charge in [-0.1, -0.05) is 18.2 Å². The van der Waals surface area contributed by atoms with Gasteiger partial charge >= 0.3 is 0 Å². The molecule has 2 aromatic rings. The molecule has 0 radical (unpaired) electrons. The van der Waals surface area contributed by atoms with Crippen LogP contribution in [0.4, 0.5) is 17.1 Å². The first-order valence-electron chi connectivity index (χ1n) is 11.5. The first kappa shape index (κ1) is 21.0. The van der Waals surface area contributed by atoms with Crippen LogP contribution < -0.4 is 10.2 Å². The lowest BCUT2D eigenvalue weighted by Gasteiger charge is -2.36. The van der Waals surface area contributed by atoms with Crippen molar-refractivity contribution in [3.05, 3.63) is 62.7 Å². The van der Waals surface area contributed by atoms with E-state index < -0.39 is 28.2 Å². The first-order chi connectivity index (χ1) is 16.2. The smallest absolute Gasteiger partial charge is 0.274 e. The standard InChI is InChI=1S/C25H24N4O5/c1-12-7-9-16-21(14(12)3)26-24(32)25(16)20-19(17-5-4-10-27(17)25)22(30)28(23(20)31)15-8-6-13(2)18(11-15)29(33)34/h6-9,11,17,19-20H,4-5,10H2,1-3H3,(H,26,32). The fourth-order valence-electron chi connectivity index (χ4n) is 6.71. The Morgan fingerprint density at radius 3 is 2.53 bits per heavy atom. The molecule has 4 heterocycles. The molecular weight excluding hydrogens is 436 g/mol. The number of benzene rings is 2. The van der Waals surface area contributed by atoms with Crippen molar-refractivity contribution >= 4 is 34.8 Å². The number of fused-ring (bicyclic) bond motifs is 7. The van der Waals surface area contributed by atoms with Gasteiger partial charge in [-0.05, 0) is 57.4 Å². The number of aryl methyl sites for hydroxylation is 2. The number of nitrogens with zero attached hydrogens (tertiary/aromatic N) is 3. The van der Waals surface area contributed by atoms with Crippen LogP contribution in [-0.4, -0.2) is 40.1 Å². The second-order valence-electron chi connectivity index (χ2n) is 9.80. The summed E-state index contributed by atoms with van der Waals surface area (Å²) in [4.78, 5) is 55.6. The summed E-state index contributed by atoms with van der Waals surface area (Å²) < 4.78 is 0. The molecule has 9 nitrogen and oxygen atoms in total. The summed E-state index contributed by atoms with van der Waals surface area (Å²) >= 11 is 0. The third kappa shape index (κ3) is 2.30. The number of amides is 3. The molecule has 174 valence electrons. The van der Waals surface area contributed by atoms with Crippen molar-refractivity contribution in [1.29, 1.82) is 0 Å². The van der Waals surface area contributed by atoms with Crippen molar-refractivity contribution in [2.75, 3.05) is 16.8 Å². The number of hydrogen-bond acceptors (Lipinski definition) is 6. The molecule has 4 unspecified atom stereocenters. The molecule has 0 aliphatic carbocycles. The second kappa shape index (κ2) is 6.73. The summed E-state index contributed by atoms with van der Waals surface area (Å²) in [6.07, 6.45) is 1.55. The van der Waals surface area contributed by atoms with Gasteiger partial charge in [0.15, 0.2) is 0 Å². The quantitative estimate of drug-likeness (QED) is 0.419. The number of carbonyl (C=O) groups is 3. The normalized spacial score (nSPS) is 29.6. The van der Waals surface area contributed by atoms with Crippen LogP contribution in [0.1, 0.15) is 35.1 Å². The molecule has 4 aliphatic heterocycles. The average Bonchev–Trinajstić information content (AvgIpc) is 3.50. The molecule has 0 bridgehead atoms. The number of nitrogens with one attached hydrogen (secondary N) is 1. The zero-order valence-electron chi connectivity index (χ0n) is 19.1. The Bertz CT molecular complexity index is 1340. The minimum Gasteiger partial charge on any atom is -0.324 e. The lowest BCUT2D eigenvalue weighted by Crippen LogP contribution is -2.54. The topological polar surface area (TPSA) is 113 Å².